The summed E-state index contributed by atoms with van der Waals surface area (Å²) in [4.78, 5) is 24.4. The van der Waals surface area contributed by atoms with Gasteiger partial charge in [-0.05, 0) is 48.5 Å². The zero-order valence-corrected chi connectivity index (χ0v) is 21.7. The van der Waals surface area contributed by atoms with Crippen LogP contribution in [0.15, 0.2) is 84.0 Å². The van der Waals surface area contributed by atoms with E-state index < -0.39 is 0 Å². The van der Waals surface area contributed by atoms with Gasteiger partial charge in [-0.2, -0.15) is 5.10 Å². The minimum atomic E-state index is -0.125. The lowest BCUT2D eigenvalue weighted by molar-refractivity contribution is 0.0985. The summed E-state index contributed by atoms with van der Waals surface area (Å²) >= 11 is 1.67. The van der Waals surface area contributed by atoms with Crippen molar-refractivity contribution in [2.75, 3.05) is 19.1 Å². The lowest BCUT2D eigenvalue weighted by Gasteiger charge is -2.23. The number of methoxy groups -OCH3 is 2. The molecule has 2 heterocycles. The number of H-pyrrole nitrogens is 1. The quantitative estimate of drug-likeness (QED) is 0.264. The van der Waals surface area contributed by atoms with Crippen molar-refractivity contribution in [2.24, 2.45) is 7.05 Å². The van der Waals surface area contributed by atoms with Gasteiger partial charge >= 0.3 is 0 Å². The maximum Gasteiger partial charge on any atom is 0.258 e. The van der Waals surface area contributed by atoms with Crippen molar-refractivity contribution in [1.82, 2.24) is 19.7 Å². The van der Waals surface area contributed by atoms with Gasteiger partial charge in [0.1, 0.15) is 17.3 Å². The Morgan fingerprint density at radius 3 is 2.57 bits per heavy atom. The van der Waals surface area contributed by atoms with Crippen LogP contribution in [-0.4, -0.2) is 39.9 Å². The maximum atomic E-state index is 13.7. The predicted octanol–water partition coefficient (Wildman–Crippen LogP) is 5.45. The van der Waals surface area contributed by atoms with Gasteiger partial charge in [-0.25, -0.2) is 4.98 Å². The summed E-state index contributed by atoms with van der Waals surface area (Å²) in [7, 11) is 5.04. The number of imidazole rings is 1. The number of thioether (sulfide) groups is 1. The molecule has 0 bridgehead atoms. The highest BCUT2D eigenvalue weighted by atomic mass is 32.2. The number of aromatic amines is 1. The average molecular weight is 514 g/mol. The first kappa shape index (κ1) is 24.5. The number of carbonyl (C=O) groups is 1. The van der Waals surface area contributed by atoms with Gasteiger partial charge in [-0.15, -0.1) is 11.8 Å². The van der Waals surface area contributed by atoms with E-state index in [0.717, 1.165) is 27.3 Å². The third-order valence-corrected chi connectivity index (χ3v) is 7.01. The highest BCUT2D eigenvalue weighted by molar-refractivity contribution is 7.98. The smallest absolute Gasteiger partial charge is 0.258 e. The molecule has 5 aromatic rings. The van der Waals surface area contributed by atoms with Crippen LogP contribution in [0, 0.1) is 0 Å². The summed E-state index contributed by atoms with van der Waals surface area (Å²) in [5.41, 5.74) is 4.14. The van der Waals surface area contributed by atoms with Crippen molar-refractivity contribution in [2.45, 2.75) is 17.2 Å². The molecule has 2 aromatic heterocycles. The van der Waals surface area contributed by atoms with Crippen molar-refractivity contribution in [3.8, 4) is 11.5 Å². The highest BCUT2D eigenvalue weighted by Gasteiger charge is 2.21. The number of carbonyl (C=O) groups excluding carboxylic acids is 1. The summed E-state index contributed by atoms with van der Waals surface area (Å²) in [6.45, 7) is 0.320. The third kappa shape index (κ3) is 5.46. The number of ether oxygens (including phenoxy) is 2. The van der Waals surface area contributed by atoms with E-state index in [1.807, 2.05) is 80.0 Å². The molecule has 0 aliphatic rings. The summed E-state index contributed by atoms with van der Waals surface area (Å²) in [6.07, 6.45) is 3.51. The van der Waals surface area contributed by atoms with Crippen molar-refractivity contribution < 1.29 is 14.3 Å². The van der Waals surface area contributed by atoms with Crippen LogP contribution in [0.3, 0.4) is 0 Å². The van der Waals surface area contributed by atoms with Crippen LogP contribution in [0.5, 0.6) is 11.5 Å². The van der Waals surface area contributed by atoms with Gasteiger partial charge in [0.05, 0.1) is 49.4 Å². The monoisotopic (exact) mass is 513 g/mol. The summed E-state index contributed by atoms with van der Waals surface area (Å²) in [5, 5.41) is 4.27. The molecule has 8 nitrogen and oxygen atoms in total. The van der Waals surface area contributed by atoms with Crippen molar-refractivity contribution >= 4 is 34.4 Å². The first-order chi connectivity index (χ1) is 18.0. The van der Waals surface area contributed by atoms with E-state index >= 15 is 0 Å². The molecule has 5 rings (SSSR count). The van der Waals surface area contributed by atoms with Crippen LogP contribution in [0.2, 0.25) is 0 Å². The first-order valence-corrected chi connectivity index (χ1v) is 12.7. The van der Waals surface area contributed by atoms with Crippen LogP contribution in [0.1, 0.15) is 21.7 Å². The Hall–Kier alpha value is -4.24. The molecule has 3 aromatic carbocycles. The van der Waals surface area contributed by atoms with Crippen LogP contribution >= 0.6 is 11.8 Å². The van der Waals surface area contributed by atoms with Crippen LogP contribution < -0.4 is 14.4 Å². The number of aryl methyl sites for hydroxylation is 1. The van der Waals surface area contributed by atoms with Crippen molar-refractivity contribution in [1.29, 1.82) is 0 Å². The molecule has 1 amide bonds. The molecule has 9 heteroatoms. The fourth-order valence-electron chi connectivity index (χ4n) is 4.06. The molecular weight excluding hydrogens is 486 g/mol. The molecule has 0 saturated heterocycles. The molecule has 188 valence electrons. The number of anilines is 1. The molecule has 0 radical (unpaired) electrons. The van der Waals surface area contributed by atoms with Gasteiger partial charge in [-0.3, -0.25) is 9.48 Å². The van der Waals surface area contributed by atoms with Crippen LogP contribution in [0.25, 0.3) is 11.0 Å². The second-order valence-corrected chi connectivity index (χ2v) is 9.50. The number of hydrogen-bond donors (Lipinski definition) is 1. The van der Waals surface area contributed by atoms with E-state index in [4.69, 9.17) is 9.47 Å². The molecule has 0 saturated carbocycles. The Morgan fingerprint density at radius 1 is 1.05 bits per heavy atom. The van der Waals surface area contributed by atoms with Gasteiger partial charge < -0.3 is 19.4 Å². The summed E-state index contributed by atoms with van der Waals surface area (Å²) in [6, 6.07) is 21.2. The summed E-state index contributed by atoms with van der Waals surface area (Å²) in [5.74, 6) is 2.84. The molecule has 0 unspecified atom stereocenters. The van der Waals surface area contributed by atoms with E-state index in [9.17, 15) is 4.79 Å². The Bertz CT molecular complexity index is 1490. The Morgan fingerprint density at radius 2 is 1.86 bits per heavy atom. The standard InChI is InChI=1S/C28H27N5O3S/c1-32-17-21(15-29-32)33(16-20-8-11-22(35-2)14-26(20)36-3)28(34)19-9-12-23(13-10-19)37-18-27-30-24-6-4-5-7-25(24)31-27/h4-15,17H,16,18H2,1-3H3,(H,30,31). The van der Waals surface area contributed by atoms with E-state index in [-0.39, 0.29) is 5.91 Å². The third-order valence-electron chi connectivity index (χ3n) is 5.99. The number of fused-ring (bicyclic) bond motifs is 1. The molecule has 0 fully saturated rings. The van der Waals surface area contributed by atoms with E-state index in [1.165, 1.54) is 0 Å². The predicted molar refractivity (Wildman–Crippen MR) is 145 cm³/mol. The lowest BCUT2D eigenvalue weighted by Crippen LogP contribution is -2.30. The number of para-hydroxylation sites is 2. The number of nitrogens with zero attached hydrogens (tertiary/aromatic N) is 4. The zero-order valence-electron chi connectivity index (χ0n) is 20.8. The minimum Gasteiger partial charge on any atom is -0.497 e. The number of benzene rings is 3. The second kappa shape index (κ2) is 10.8. The highest BCUT2D eigenvalue weighted by Crippen LogP contribution is 2.29. The number of nitrogens with one attached hydrogen (secondary N) is 1. The second-order valence-electron chi connectivity index (χ2n) is 8.45. The molecule has 0 spiro atoms. The van der Waals surface area contributed by atoms with Gasteiger partial charge in [-0.1, -0.05) is 12.1 Å². The Labute approximate surface area is 219 Å². The van der Waals surface area contributed by atoms with Gasteiger partial charge in [0.15, 0.2) is 0 Å². The molecule has 0 aliphatic carbocycles. The summed E-state index contributed by atoms with van der Waals surface area (Å²) < 4.78 is 12.6. The lowest BCUT2D eigenvalue weighted by atomic mass is 10.1. The fraction of sp³-hybridized carbons (Fsp3) is 0.179. The SMILES string of the molecule is COc1ccc(CN(C(=O)c2ccc(SCc3nc4ccccc4[nH]3)cc2)c2cnn(C)c2)c(OC)c1. The molecular formula is C28H27N5O3S. The number of rotatable bonds is 9. The largest absolute Gasteiger partial charge is 0.497 e. The molecule has 0 aliphatic heterocycles. The van der Waals surface area contributed by atoms with Gasteiger partial charge in [0.2, 0.25) is 0 Å². The van der Waals surface area contributed by atoms with Gasteiger partial charge in [0.25, 0.3) is 5.91 Å². The van der Waals surface area contributed by atoms with E-state index in [0.29, 0.717) is 35.0 Å². The van der Waals surface area contributed by atoms with Crippen molar-refractivity contribution in [3.63, 3.8) is 0 Å². The molecule has 1 N–H and O–H groups in total. The normalized spacial score (nSPS) is 11.0. The van der Waals surface area contributed by atoms with Crippen LogP contribution in [0.4, 0.5) is 5.69 Å². The Kier molecular flexibility index (Phi) is 7.14. The van der Waals surface area contributed by atoms with Gasteiger partial charge in [0, 0.05) is 35.3 Å². The van der Waals surface area contributed by atoms with E-state index in [1.54, 1.807) is 41.8 Å². The minimum absolute atomic E-state index is 0.125. The van der Waals surface area contributed by atoms with Crippen molar-refractivity contribution in [3.05, 3.63) is 96.1 Å². The fourth-order valence-corrected chi connectivity index (χ4v) is 4.82. The Balaban J connectivity index is 1.34. The topological polar surface area (TPSA) is 85.3 Å². The zero-order chi connectivity index (χ0) is 25.8. The molecule has 0 atom stereocenters. The average Bonchev–Trinajstić information content (AvgIpc) is 3.56. The number of hydrogen-bond acceptors (Lipinski definition) is 6. The molecule has 37 heavy (non-hydrogen) atoms. The first-order valence-electron chi connectivity index (χ1n) is 11.7. The number of aromatic nitrogens is 4. The van der Waals surface area contributed by atoms with Crippen LogP contribution in [-0.2, 0) is 19.3 Å². The number of amides is 1. The van der Waals surface area contributed by atoms with E-state index in [2.05, 4.69) is 15.1 Å². The maximum absolute atomic E-state index is 13.7.